The molecule has 3 nitrogen and oxygen atoms in total. The topological polar surface area (TPSA) is 49.3 Å². The van der Waals surface area contributed by atoms with Crippen molar-refractivity contribution in [3.8, 4) is 0 Å². The Labute approximate surface area is 145 Å². The number of hydrogen-bond acceptors (Lipinski definition) is 3. The van der Waals surface area contributed by atoms with Gasteiger partial charge in [0.2, 0.25) is 0 Å². The van der Waals surface area contributed by atoms with Gasteiger partial charge in [0.1, 0.15) is 4.88 Å². The van der Waals surface area contributed by atoms with E-state index in [9.17, 15) is 4.79 Å². The number of halogens is 3. The summed E-state index contributed by atoms with van der Waals surface area (Å²) in [6.45, 7) is 2.51. The van der Waals surface area contributed by atoms with Gasteiger partial charge in [-0.3, -0.25) is 0 Å². The molecule has 0 atom stereocenters. The fraction of sp³-hybridized carbons (Fsp3) is 0.154. The van der Waals surface area contributed by atoms with Gasteiger partial charge in [-0.05, 0) is 62.5 Å². The molecule has 1 heterocycles. The maximum atomic E-state index is 11.0. The van der Waals surface area contributed by atoms with E-state index in [1.807, 2.05) is 19.1 Å². The van der Waals surface area contributed by atoms with E-state index in [4.69, 9.17) is 5.11 Å². The van der Waals surface area contributed by atoms with Crippen molar-refractivity contribution in [3.63, 3.8) is 0 Å². The van der Waals surface area contributed by atoms with Gasteiger partial charge in [0, 0.05) is 24.8 Å². The number of hydrogen-bond donors (Lipinski definition) is 2. The molecular weight excluding hydrogens is 474 g/mol. The average Bonchev–Trinajstić information content (AvgIpc) is 2.70. The molecule has 0 aliphatic rings. The van der Waals surface area contributed by atoms with Gasteiger partial charge in [0.25, 0.3) is 0 Å². The average molecular weight is 484 g/mol. The zero-order chi connectivity index (χ0) is 14.9. The highest BCUT2D eigenvalue weighted by Gasteiger charge is 2.12. The first-order valence-corrected chi connectivity index (χ1v) is 8.79. The monoisotopic (exact) mass is 481 g/mol. The lowest BCUT2D eigenvalue weighted by atomic mass is 10.2. The highest BCUT2D eigenvalue weighted by molar-refractivity contribution is 9.11. The molecule has 0 amide bonds. The number of carboxylic acid groups (broad SMARTS) is 1. The summed E-state index contributed by atoms with van der Waals surface area (Å²) in [6.07, 6.45) is 0. The molecule has 0 saturated carbocycles. The molecule has 20 heavy (non-hydrogen) atoms. The Morgan fingerprint density at radius 3 is 2.35 bits per heavy atom. The van der Waals surface area contributed by atoms with Gasteiger partial charge in [-0.15, -0.1) is 11.3 Å². The number of carboxylic acids is 1. The second-order valence-electron chi connectivity index (χ2n) is 4.10. The maximum Gasteiger partial charge on any atom is 0.345 e. The largest absolute Gasteiger partial charge is 0.477 e. The van der Waals surface area contributed by atoms with Crippen molar-refractivity contribution in [1.82, 2.24) is 0 Å². The van der Waals surface area contributed by atoms with Crippen LogP contribution in [0.25, 0.3) is 0 Å². The van der Waals surface area contributed by atoms with Crippen LogP contribution in [0.4, 0.5) is 5.69 Å². The lowest BCUT2D eigenvalue weighted by Crippen LogP contribution is -2.01. The summed E-state index contributed by atoms with van der Waals surface area (Å²) in [4.78, 5) is 12.3. The van der Waals surface area contributed by atoms with Crippen molar-refractivity contribution >= 4 is 70.8 Å². The third-order valence-corrected chi connectivity index (χ3v) is 5.48. The Kier molecular flexibility index (Phi) is 5.28. The van der Waals surface area contributed by atoms with E-state index in [1.54, 1.807) is 6.07 Å². The number of anilines is 1. The number of benzene rings is 1. The van der Waals surface area contributed by atoms with Crippen LogP contribution in [0.15, 0.2) is 31.6 Å². The smallest absolute Gasteiger partial charge is 0.345 e. The standard InChI is InChI=1S/C13H10Br3NO2S/c1-6-7(2-11(20-6)13(18)19)5-17-12-9(15)3-8(14)4-10(12)16/h2-4,17H,5H2,1H3,(H,18,19). The van der Waals surface area contributed by atoms with Crippen LogP contribution in [0, 0.1) is 6.92 Å². The minimum Gasteiger partial charge on any atom is -0.477 e. The fourth-order valence-electron chi connectivity index (χ4n) is 1.70. The first-order chi connectivity index (χ1) is 9.38. The zero-order valence-electron chi connectivity index (χ0n) is 10.3. The summed E-state index contributed by atoms with van der Waals surface area (Å²) in [7, 11) is 0. The Hall–Kier alpha value is -0.370. The molecular formula is C13H10Br3NO2S. The number of carbonyl (C=O) groups is 1. The maximum absolute atomic E-state index is 11.0. The fourth-order valence-corrected chi connectivity index (χ4v) is 5.12. The molecule has 0 unspecified atom stereocenters. The van der Waals surface area contributed by atoms with E-state index in [-0.39, 0.29) is 0 Å². The summed E-state index contributed by atoms with van der Waals surface area (Å²) in [6, 6.07) is 5.63. The minimum absolute atomic E-state index is 0.369. The normalized spacial score (nSPS) is 10.6. The quantitative estimate of drug-likeness (QED) is 0.590. The highest BCUT2D eigenvalue weighted by Crippen LogP contribution is 2.35. The summed E-state index contributed by atoms with van der Waals surface area (Å²) in [5.74, 6) is -0.879. The predicted molar refractivity (Wildman–Crippen MR) is 92.9 cm³/mol. The molecule has 0 aliphatic heterocycles. The molecule has 0 bridgehead atoms. The molecule has 0 saturated heterocycles. The predicted octanol–water partition coefficient (Wildman–Crippen LogP) is 5.65. The molecule has 1 aromatic carbocycles. The van der Waals surface area contributed by atoms with Crippen molar-refractivity contribution in [2.75, 3.05) is 5.32 Å². The van der Waals surface area contributed by atoms with Crippen LogP contribution in [0.3, 0.4) is 0 Å². The third-order valence-electron chi connectivity index (χ3n) is 2.69. The Morgan fingerprint density at radius 1 is 1.25 bits per heavy atom. The van der Waals surface area contributed by atoms with Gasteiger partial charge >= 0.3 is 5.97 Å². The second-order valence-corrected chi connectivity index (χ2v) is 7.98. The zero-order valence-corrected chi connectivity index (χ0v) is 15.9. The molecule has 0 aliphatic carbocycles. The van der Waals surface area contributed by atoms with Crippen LogP contribution in [-0.2, 0) is 6.54 Å². The second kappa shape index (κ2) is 6.60. The first kappa shape index (κ1) is 16.0. The molecule has 1 aromatic heterocycles. The molecule has 2 aromatic rings. The van der Waals surface area contributed by atoms with Crippen LogP contribution < -0.4 is 5.32 Å². The van der Waals surface area contributed by atoms with E-state index in [1.165, 1.54) is 11.3 Å². The summed E-state index contributed by atoms with van der Waals surface area (Å²) in [5.41, 5.74) is 1.93. The molecule has 0 radical (unpaired) electrons. The van der Waals surface area contributed by atoms with E-state index in [2.05, 4.69) is 53.1 Å². The highest BCUT2D eigenvalue weighted by atomic mass is 79.9. The summed E-state index contributed by atoms with van der Waals surface area (Å²) >= 11 is 11.7. The van der Waals surface area contributed by atoms with Crippen LogP contribution >= 0.6 is 59.1 Å². The summed E-state index contributed by atoms with van der Waals surface area (Å²) < 4.78 is 2.84. The van der Waals surface area contributed by atoms with E-state index < -0.39 is 5.97 Å². The molecule has 0 spiro atoms. The van der Waals surface area contributed by atoms with E-state index in [0.717, 1.165) is 29.5 Å². The third kappa shape index (κ3) is 3.63. The summed E-state index contributed by atoms with van der Waals surface area (Å²) in [5, 5.41) is 12.3. The number of rotatable bonds is 4. The molecule has 7 heteroatoms. The lowest BCUT2D eigenvalue weighted by Gasteiger charge is -2.11. The van der Waals surface area contributed by atoms with Gasteiger partial charge in [-0.2, -0.15) is 0 Å². The van der Waals surface area contributed by atoms with Crippen molar-refractivity contribution in [2.24, 2.45) is 0 Å². The Bertz CT molecular complexity index is 647. The van der Waals surface area contributed by atoms with Crippen LogP contribution in [0.1, 0.15) is 20.1 Å². The van der Waals surface area contributed by atoms with E-state index >= 15 is 0 Å². The van der Waals surface area contributed by atoms with Gasteiger partial charge in [-0.1, -0.05) is 15.9 Å². The van der Waals surface area contributed by atoms with Gasteiger partial charge in [-0.25, -0.2) is 4.79 Å². The van der Waals surface area contributed by atoms with Crippen molar-refractivity contribution < 1.29 is 9.90 Å². The molecule has 2 rings (SSSR count). The molecule has 2 N–H and O–H groups in total. The SMILES string of the molecule is Cc1sc(C(=O)O)cc1CNc1c(Br)cc(Br)cc1Br. The number of aryl methyl sites for hydroxylation is 1. The van der Waals surface area contributed by atoms with Crippen LogP contribution in [0.2, 0.25) is 0 Å². The number of thiophene rings is 1. The van der Waals surface area contributed by atoms with Gasteiger partial charge in [0.05, 0.1) is 5.69 Å². The van der Waals surface area contributed by atoms with Crippen molar-refractivity contribution in [1.29, 1.82) is 0 Å². The lowest BCUT2D eigenvalue weighted by molar-refractivity contribution is 0.0702. The minimum atomic E-state index is -0.879. The van der Waals surface area contributed by atoms with Crippen molar-refractivity contribution in [2.45, 2.75) is 13.5 Å². The van der Waals surface area contributed by atoms with Gasteiger partial charge < -0.3 is 10.4 Å². The van der Waals surface area contributed by atoms with E-state index in [0.29, 0.717) is 11.4 Å². The Balaban J connectivity index is 2.19. The van der Waals surface area contributed by atoms with Crippen molar-refractivity contribution in [3.05, 3.63) is 46.9 Å². The van der Waals surface area contributed by atoms with Crippen LogP contribution in [-0.4, -0.2) is 11.1 Å². The Morgan fingerprint density at radius 2 is 1.85 bits per heavy atom. The number of aromatic carboxylic acids is 1. The van der Waals surface area contributed by atoms with Crippen LogP contribution in [0.5, 0.6) is 0 Å². The number of nitrogens with one attached hydrogen (secondary N) is 1. The first-order valence-electron chi connectivity index (χ1n) is 5.59. The molecule has 106 valence electrons. The van der Waals surface area contributed by atoms with Gasteiger partial charge in [0.15, 0.2) is 0 Å². The molecule has 0 fully saturated rings.